The highest BCUT2D eigenvalue weighted by atomic mass is 19.4. The first-order chi connectivity index (χ1) is 8.90. The van der Waals surface area contributed by atoms with E-state index in [-0.39, 0.29) is 17.5 Å². The van der Waals surface area contributed by atoms with Gasteiger partial charge in [0, 0.05) is 25.1 Å². The summed E-state index contributed by atoms with van der Waals surface area (Å²) in [7, 11) is 0. The summed E-state index contributed by atoms with van der Waals surface area (Å²) in [6.07, 6.45) is -0.125. The standard InChI is InChI=1S/C12H11F3N2O2/c1-2-11(18)17-6-8(7-17)3-4-9-5-10(19-16-9)12(13,14)15/h2-5,8H,1,6-7H2/b4-3+. The van der Waals surface area contributed by atoms with Crippen molar-refractivity contribution in [3.8, 4) is 0 Å². The molecule has 0 bridgehead atoms. The Morgan fingerprint density at radius 2 is 2.21 bits per heavy atom. The van der Waals surface area contributed by atoms with Crippen molar-refractivity contribution in [3.63, 3.8) is 0 Å². The number of hydrogen-bond acceptors (Lipinski definition) is 3. The Balaban J connectivity index is 1.89. The van der Waals surface area contributed by atoms with E-state index in [2.05, 4.69) is 16.3 Å². The molecule has 2 rings (SSSR count). The fraction of sp³-hybridized carbons (Fsp3) is 0.333. The van der Waals surface area contributed by atoms with E-state index in [0.717, 1.165) is 6.07 Å². The second kappa shape index (κ2) is 4.91. The van der Waals surface area contributed by atoms with Gasteiger partial charge in [0.15, 0.2) is 0 Å². The molecule has 1 fully saturated rings. The van der Waals surface area contributed by atoms with Crippen molar-refractivity contribution >= 4 is 12.0 Å². The maximum Gasteiger partial charge on any atom is 0.452 e. The van der Waals surface area contributed by atoms with E-state index in [4.69, 9.17) is 0 Å². The maximum absolute atomic E-state index is 12.2. The first-order valence-corrected chi connectivity index (χ1v) is 5.53. The Labute approximate surface area is 107 Å². The van der Waals surface area contributed by atoms with Gasteiger partial charge in [-0.3, -0.25) is 4.79 Å². The van der Waals surface area contributed by atoms with E-state index in [9.17, 15) is 18.0 Å². The zero-order valence-corrected chi connectivity index (χ0v) is 9.85. The molecule has 1 aromatic rings. The molecule has 1 amide bonds. The van der Waals surface area contributed by atoms with Gasteiger partial charge in [-0.25, -0.2) is 0 Å². The highest BCUT2D eigenvalue weighted by Crippen LogP contribution is 2.30. The Hall–Kier alpha value is -2.05. The van der Waals surface area contributed by atoms with Crippen LogP contribution in [-0.2, 0) is 11.0 Å². The number of aromatic nitrogens is 1. The number of alkyl halides is 3. The number of nitrogens with zero attached hydrogens (tertiary/aromatic N) is 2. The molecule has 0 aliphatic carbocycles. The molecule has 1 aliphatic heterocycles. The highest BCUT2D eigenvalue weighted by Gasteiger charge is 2.36. The van der Waals surface area contributed by atoms with Crippen LogP contribution in [0.4, 0.5) is 13.2 Å². The molecular weight excluding hydrogens is 261 g/mol. The predicted molar refractivity (Wildman–Crippen MR) is 60.8 cm³/mol. The first kappa shape index (κ1) is 13.4. The number of halogens is 3. The lowest BCUT2D eigenvalue weighted by Gasteiger charge is -2.36. The Bertz CT molecular complexity index is 513. The van der Waals surface area contributed by atoms with Crippen molar-refractivity contribution < 1.29 is 22.5 Å². The van der Waals surface area contributed by atoms with Gasteiger partial charge in [0.25, 0.3) is 0 Å². The normalized spacial score (nSPS) is 16.7. The second-order valence-electron chi connectivity index (χ2n) is 4.18. The van der Waals surface area contributed by atoms with Crippen LogP contribution in [0.1, 0.15) is 11.5 Å². The van der Waals surface area contributed by atoms with Crippen LogP contribution in [0.15, 0.2) is 29.3 Å². The number of carbonyl (C=O) groups is 1. The molecule has 4 nitrogen and oxygen atoms in total. The van der Waals surface area contributed by atoms with Gasteiger partial charge < -0.3 is 9.42 Å². The van der Waals surface area contributed by atoms with Gasteiger partial charge in [0.05, 0.1) is 0 Å². The minimum absolute atomic E-state index is 0.112. The number of likely N-dealkylation sites (tertiary alicyclic amines) is 1. The van der Waals surface area contributed by atoms with Crippen LogP contribution in [0.5, 0.6) is 0 Å². The summed E-state index contributed by atoms with van der Waals surface area (Å²) in [5.74, 6) is -1.15. The Kier molecular flexibility index (Phi) is 3.46. The molecule has 0 spiro atoms. The van der Waals surface area contributed by atoms with Crippen LogP contribution < -0.4 is 0 Å². The molecule has 0 saturated carbocycles. The molecule has 0 aromatic carbocycles. The van der Waals surface area contributed by atoms with E-state index < -0.39 is 11.9 Å². The van der Waals surface area contributed by atoms with Gasteiger partial charge in [-0.2, -0.15) is 13.2 Å². The topological polar surface area (TPSA) is 46.3 Å². The summed E-state index contributed by atoms with van der Waals surface area (Å²) in [6.45, 7) is 4.44. The van der Waals surface area contributed by atoms with E-state index in [1.54, 1.807) is 11.0 Å². The second-order valence-corrected chi connectivity index (χ2v) is 4.18. The summed E-state index contributed by atoms with van der Waals surface area (Å²) in [6, 6.07) is 0.835. The molecule has 0 atom stereocenters. The van der Waals surface area contributed by atoms with Gasteiger partial charge in [-0.05, 0) is 12.2 Å². The number of hydrogen-bond donors (Lipinski definition) is 0. The highest BCUT2D eigenvalue weighted by molar-refractivity contribution is 5.87. The SMILES string of the molecule is C=CC(=O)N1CC(/C=C/c2cc(C(F)(F)F)on2)C1. The monoisotopic (exact) mass is 272 g/mol. The van der Waals surface area contributed by atoms with Crippen LogP contribution in [-0.4, -0.2) is 29.1 Å². The lowest BCUT2D eigenvalue weighted by molar-refractivity contribution is -0.155. The largest absolute Gasteiger partial charge is 0.452 e. The molecule has 19 heavy (non-hydrogen) atoms. The van der Waals surface area contributed by atoms with Crippen molar-refractivity contribution in [2.75, 3.05) is 13.1 Å². The van der Waals surface area contributed by atoms with E-state index in [1.807, 2.05) is 0 Å². The third-order valence-electron chi connectivity index (χ3n) is 2.74. The average molecular weight is 272 g/mol. The maximum atomic E-state index is 12.2. The first-order valence-electron chi connectivity index (χ1n) is 5.53. The molecule has 1 aromatic heterocycles. The zero-order valence-electron chi connectivity index (χ0n) is 9.85. The van der Waals surface area contributed by atoms with E-state index >= 15 is 0 Å². The molecule has 7 heteroatoms. The molecule has 0 N–H and O–H groups in total. The Morgan fingerprint density at radius 1 is 1.53 bits per heavy atom. The Morgan fingerprint density at radius 3 is 2.74 bits per heavy atom. The fourth-order valence-corrected chi connectivity index (χ4v) is 1.68. The zero-order chi connectivity index (χ0) is 14.0. The van der Waals surface area contributed by atoms with Crippen LogP contribution >= 0.6 is 0 Å². The van der Waals surface area contributed by atoms with Gasteiger partial charge in [-0.1, -0.05) is 17.8 Å². The molecule has 0 radical (unpaired) electrons. The third kappa shape index (κ3) is 3.04. The van der Waals surface area contributed by atoms with Crippen LogP contribution in [0.3, 0.4) is 0 Å². The van der Waals surface area contributed by atoms with Gasteiger partial charge >= 0.3 is 6.18 Å². The number of rotatable bonds is 3. The molecule has 1 saturated heterocycles. The van der Waals surface area contributed by atoms with Crippen LogP contribution in [0.25, 0.3) is 6.08 Å². The van der Waals surface area contributed by atoms with Crippen molar-refractivity contribution in [1.29, 1.82) is 0 Å². The van der Waals surface area contributed by atoms with Crippen molar-refractivity contribution in [1.82, 2.24) is 10.1 Å². The quantitative estimate of drug-likeness (QED) is 0.793. The van der Waals surface area contributed by atoms with Gasteiger partial charge in [0.1, 0.15) is 5.69 Å². The summed E-state index contributed by atoms with van der Waals surface area (Å²) >= 11 is 0. The molecule has 2 heterocycles. The molecule has 102 valence electrons. The lowest BCUT2D eigenvalue weighted by Crippen LogP contribution is -2.48. The average Bonchev–Trinajstić information content (AvgIpc) is 2.74. The molecule has 1 aliphatic rings. The smallest absolute Gasteiger partial charge is 0.351 e. The van der Waals surface area contributed by atoms with Crippen LogP contribution in [0.2, 0.25) is 0 Å². The number of carbonyl (C=O) groups excluding carboxylic acids is 1. The summed E-state index contributed by atoms with van der Waals surface area (Å²) < 4.78 is 40.9. The summed E-state index contributed by atoms with van der Waals surface area (Å²) in [5, 5.41) is 3.30. The fourth-order valence-electron chi connectivity index (χ4n) is 1.68. The summed E-state index contributed by atoms with van der Waals surface area (Å²) in [5.41, 5.74) is 0.112. The third-order valence-corrected chi connectivity index (χ3v) is 2.74. The van der Waals surface area contributed by atoms with Gasteiger partial charge in [0.2, 0.25) is 11.7 Å². The van der Waals surface area contributed by atoms with E-state index in [1.165, 1.54) is 12.2 Å². The molecule has 0 unspecified atom stereocenters. The minimum atomic E-state index is -4.53. The van der Waals surface area contributed by atoms with Crippen LogP contribution in [0, 0.1) is 5.92 Å². The van der Waals surface area contributed by atoms with Gasteiger partial charge in [-0.15, -0.1) is 0 Å². The lowest BCUT2D eigenvalue weighted by atomic mass is 9.99. The summed E-state index contributed by atoms with van der Waals surface area (Å²) in [4.78, 5) is 12.7. The van der Waals surface area contributed by atoms with E-state index in [0.29, 0.717) is 13.1 Å². The minimum Gasteiger partial charge on any atom is -0.351 e. The van der Waals surface area contributed by atoms with Crippen molar-refractivity contribution in [3.05, 3.63) is 36.3 Å². The number of amides is 1. The predicted octanol–water partition coefficient (Wildman–Crippen LogP) is 2.35. The van der Waals surface area contributed by atoms with Crippen molar-refractivity contribution in [2.24, 2.45) is 5.92 Å². The van der Waals surface area contributed by atoms with Crippen molar-refractivity contribution in [2.45, 2.75) is 6.18 Å². The molecular formula is C12H11F3N2O2.